The van der Waals surface area contributed by atoms with Gasteiger partial charge in [-0.2, -0.15) is 5.26 Å². The molecule has 1 rings (SSSR count). The predicted octanol–water partition coefficient (Wildman–Crippen LogP) is 2.49. The summed E-state index contributed by atoms with van der Waals surface area (Å²) in [5, 5.41) is 8.88. The highest BCUT2D eigenvalue weighted by Crippen LogP contribution is 2.21. The molecule has 1 atom stereocenters. The van der Waals surface area contributed by atoms with Gasteiger partial charge in [-0.05, 0) is 31.7 Å². The molecule has 0 N–H and O–H groups in total. The predicted molar refractivity (Wildman–Crippen MR) is 74.1 cm³/mol. The van der Waals surface area contributed by atoms with Crippen LogP contribution in [0.5, 0.6) is 5.75 Å². The fourth-order valence-electron chi connectivity index (χ4n) is 1.97. The van der Waals surface area contributed by atoms with Crippen molar-refractivity contribution in [1.29, 1.82) is 5.26 Å². The lowest BCUT2D eigenvalue weighted by molar-refractivity contribution is 0.112. The second-order valence-corrected chi connectivity index (χ2v) is 4.55. The Balaban J connectivity index is 2.89. The first-order chi connectivity index (χ1) is 9.14. The normalized spacial score (nSPS) is 11.9. The molecule has 0 fully saturated rings. The zero-order chi connectivity index (χ0) is 14.3. The Hall–Kier alpha value is -1.86. The monoisotopic (exact) mass is 260 g/mol. The van der Waals surface area contributed by atoms with E-state index < -0.39 is 0 Å². The molecule has 0 aliphatic carbocycles. The highest BCUT2D eigenvalue weighted by Gasteiger charge is 2.12. The molecule has 0 spiro atoms. The van der Waals surface area contributed by atoms with E-state index >= 15 is 0 Å². The van der Waals surface area contributed by atoms with Gasteiger partial charge in [-0.3, -0.25) is 9.69 Å². The van der Waals surface area contributed by atoms with E-state index in [0.29, 0.717) is 18.7 Å². The quantitative estimate of drug-likeness (QED) is 0.707. The van der Waals surface area contributed by atoms with Gasteiger partial charge < -0.3 is 4.74 Å². The van der Waals surface area contributed by atoms with Gasteiger partial charge in [0.1, 0.15) is 12.0 Å². The molecule has 0 aliphatic rings. The third kappa shape index (κ3) is 4.38. The third-order valence-electron chi connectivity index (χ3n) is 3.03. The van der Waals surface area contributed by atoms with Crippen molar-refractivity contribution < 1.29 is 9.53 Å². The number of nitriles is 1. The maximum atomic E-state index is 10.8. The molecule has 1 aromatic rings. The van der Waals surface area contributed by atoms with Crippen LogP contribution >= 0.6 is 0 Å². The number of methoxy groups -OCH3 is 1. The molecular weight excluding hydrogens is 240 g/mol. The van der Waals surface area contributed by atoms with Crippen molar-refractivity contribution in [3.8, 4) is 11.8 Å². The average molecular weight is 260 g/mol. The van der Waals surface area contributed by atoms with Crippen molar-refractivity contribution in [1.82, 2.24) is 4.90 Å². The van der Waals surface area contributed by atoms with Gasteiger partial charge in [-0.15, -0.1) is 0 Å². The summed E-state index contributed by atoms with van der Waals surface area (Å²) in [4.78, 5) is 13.0. The van der Waals surface area contributed by atoms with Gasteiger partial charge in [0.05, 0.1) is 19.1 Å². The van der Waals surface area contributed by atoms with Crippen molar-refractivity contribution in [3.05, 3.63) is 29.3 Å². The molecule has 1 unspecified atom stereocenters. The molecular formula is C15H20N2O2. The number of ether oxygens (including phenoxy) is 1. The zero-order valence-electron chi connectivity index (χ0n) is 11.7. The maximum absolute atomic E-state index is 10.8. The highest BCUT2D eigenvalue weighted by molar-refractivity contribution is 5.75. The standard InChI is InChI=1S/C15H20N2O2/c1-4-17(9-12(2)8-16)10-14-7-13(11-18)5-6-15(14)19-3/h5-7,11-12H,4,9-10H2,1-3H3. The van der Waals surface area contributed by atoms with Gasteiger partial charge >= 0.3 is 0 Å². The summed E-state index contributed by atoms with van der Waals surface area (Å²) in [6, 6.07) is 7.62. The summed E-state index contributed by atoms with van der Waals surface area (Å²) in [7, 11) is 1.62. The van der Waals surface area contributed by atoms with E-state index in [1.54, 1.807) is 19.2 Å². The van der Waals surface area contributed by atoms with Crippen molar-refractivity contribution in [2.24, 2.45) is 5.92 Å². The van der Waals surface area contributed by atoms with E-state index in [9.17, 15) is 4.79 Å². The number of hydrogen-bond donors (Lipinski definition) is 0. The van der Waals surface area contributed by atoms with Crippen molar-refractivity contribution >= 4 is 6.29 Å². The second-order valence-electron chi connectivity index (χ2n) is 4.55. The Labute approximate surface area is 114 Å². The summed E-state index contributed by atoms with van der Waals surface area (Å²) in [5.74, 6) is 0.758. The zero-order valence-corrected chi connectivity index (χ0v) is 11.7. The van der Waals surface area contributed by atoms with Crippen LogP contribution in [-0.4, -0.2) is 31.4 Å². The van der Waals surface area contributed by atoms with E-state index in [-0.39, 0.29) is 5.92 Å². The van der Waals surface area contributed by atoms with Gasteiger partial charge in [0, 0.05) is 24.2 Å². The fraction of sp³-hybridized carbons (Fsp3) is 0.467. The minimum atomic E-state index is -0.0137. The van der Waals surface area contributed by atoms with Crippen LogP contribution < -0.4 is 4.74 Å². The largest absolute Gasteiger partial charge is 0.496 e. The number of hydrogen-bond acceptors (Lipinski definition) is 4. The third-order valence-corrected chi connectivity index (χ3v) is 3.03. The average Bonchev–Trinajstić information content (AvgIpc) is 2.45. The van der Waals surface area contributed by atoms with Crippen molar-refractivity contribution in [2.75, 3.05) is 20.2 Å². The molecule has 0 aromatic heterocycles. The summed E-state index contributed by atoms with van der Waals surface area (Å²) < 4.78 is 5.31. The molecule has 4 heteroatoms. The van der Waals surface area contributed by atoms with Crippen molar-refractivity contribution in [2.45, 2.75) is 20.4 Å². The topological polar surface area (TPSA) is 53.3 Å². The molecule has 0 bridgehead atoms. The molecule has 0 saturated heterocycles. The summed E-state index contributed by atoms with van der Waals surface area (Å²) in [6.45, 7) is 6.19. The van der Waals surface area contributed by atoms with E-state index in [1.807, 2.05) is 13.0 Å². The molecule has 0 aliphatic heterocycles. The second kappa shape index (κ2) is 7.55. The van der Waals surface area contributed by atoms with Crippen LogP contribution in [0, 0.1) is 17.2 Å². The van der Waals surface area contributed by atoms with Gasteiger partial charge in [0.2, 0.25) is 0 Å². The molecule has 4 nitrogen and oxygen atoms in total. The smallest absolute Gasteiger partial charge is 0.150 e. The Bertz CT molecular complexity index is 466. The number of benzene rings is 1. The minimum absolute atomic E-state index is 0.0137. The van der Waals surface area contributed by atoms with Crippen LogP contribution in [-0.2, 0) is 6.54 Å². The number of carbonyl (C=O) groups is 1. The lowest BCUT2D eigenvalue weighted by Crippen LogP contribution is -2.27. The van der Waals surface area contributed by atoms with E-state index in [2.05, 4.69) is 17.9 Å². The summed E-state index contributed by atoms with van der Waals surface area (Å²) in [5.41, 5.74) is 1.61. The summed E-state index contributed by atoms with van der Waals surface area (Å²) >= 11 is 0. The molecule has 102 valence electrons. The van der Waals surface area contributed by atoms with E-state index in [0.717, 1.165) is 24.1 Å². The van der Waals surface area contributed by atoms with Gasteiger partial charge in [0.15, 0.2) is 0 Å². The Morgan fingerprint density at radius 3 is 2.79 bits per heavy atom. The number of carbonyl (C=O) groups excluding carboxylic acids is 1. The van der Waals surface area contributed by atoms with Crippen LogP contribution in [0.2, 0.25) is 0 Å². The molecule has 0 heterocycles. The van der Waals surface area contributed by atoms with Crippen molar-refractivity contribution in [3.63, 3.8) is 0 Å². The molecule has 1 aromatic carbocycles. The van der Waals surface area contributed by atoms with E-state index in [4.69, 9.17) is 10.00 Å². The lowest BCUT2D eigenvalue weighted by atomic mass is 10.1. The molecule has 0 amide bonds. The SMILES string of the molecule is CCN(Cc1cc(C=O)ccc1OC)CC(C)C#N. The number of aldehydes is 1. The van der Waals surface area contributed by atoms with Crippen LogP contribution in [0.1, 0.15) is 29.8 Å². The highest BCUT2D eigenvalue weighted by atomic mass is 16.5. The van der Waals surface area contributed by atoms with Gasteiger partial charge in [0.25, 0.3) is 0 Å². The van der Waals surface area contributed by atoms with Crippen LogP contribution in [0.15, 0.2) is 18.2 Å². The first kappa shape index (κ1) is 15.2. The van der Waals surface area contributed by atoms with Gasteiger partial charge in [-0.1, -0.05) is 6.92 Å². The van der Waals surface area contributed by atoms with Gasteiger partial charge in [-0.25, -0.2) is 0 Å². The Morgan fingerprint density at radius 1 is 1.53 bits per heavy atom. The minimum Gasteiger partial charge on any atom is -0.496 e. The molecule has 19 heavy (non-hydrogen) atoms. The first-order valence-corrected chi connectivity index (χ1v) is 6.38. The number of rotatable bonds is 7. The van der Waals surface area contributed by atoms with Crippen LogP contribution in [0.4, 0.5) is 0 Å². The fourth-order valence-corrected chi connectivity index (χ4v) is 1.97. The van der Waals surface area contributed by atoms with E-state index in [1.165, 1.54) is 0 Å². The Kier molecular flexibility index (Phi) is 6.04. The number of nitrogens with zero attached hydrogens (tertiary/aromatic N) is 2. The first-order valence-electron chi connectivity index (χ1n) is 6.38. The Morgan fingerprint density at radius 2 is 2.26 bits per heavy atom. The molecule has 0 radical (unpaired) electrons. The summed E-state index contributed by atoms with van der Waals surface area (Å²) in [6.07, 6.45) is 0.830. The lowest BCUT2D eigenvalue weighted by Gasteiger charge is -2.22. The van der Waals surface area contributed by atoms with Crippen LogP contribution in [0.25, 0.3) is 0 Å². The van der Waals surface area contributed by atoms with Crippen LogP contribution in [0.3, 0.4) is 0 Å². The molecule has 0 saturated carbocycles. The maximum Gasteiger partial charge on any atom is 0.150 e.